The van der Waals surface area contributed by atoms with E-state index < -0.39 is 24.1 Å². The lowest BCUT2D eigenvalue weighted by atomic mass is 10.2. The zero-order chi connectivity index (χ0) is 21.6. The van der Waals surface area contributed by atoms with Gasteiger partial charge in [-0.05, 0) is 56.7 Å². The van der Waals surface area contributed by atoms with Crippen LogP contribution in [0.4, 0.5) is 5.69 Å². The topological polar surface area (TPSA) is 97.7 Å². The third kappa shape index (κ3) is 5.87. The van der Waals surface area contributed by atoms with Gasteiger partial charge in [0.05, 0.1) is 24.4 Å². The number of hydrogen-bond donors (Lipinski definition) is 1. The highest BCUT2D eigenvalue weighted by molar-refractivity contribution is 6.31. The number of nitrogens with one attached hydrogen (secondary N) is 1. The van der Waals surface area contributed by atoms with Gasteiger partial charge >= 0.3 is 5.97 Å². The van der Waals surface area contributed by atoms with Gasteiger partial charge in [-0.15, -0.1) is 0 Å². The van der Waals surface area contributed by atoms with E-state index in [4.69, 9.17) is 31.1 Å². The van der Waals surface area contributed by atoms with Crippen LogP contribution in [0.15, 0.2) is 36.4 Å². The van der Waals surface area contributed by atoms with E-state index in [1.807, 2.05) is 6.07 Å². The molecule has 0 aliphatic heterocycles. The van der Waals surface area contributed by atoms with Crippen molar-refractivity contribution < 1.29 is 23.8 Å². The van der Waals surface area contributed by atoms with Crippen LogP contribution in [0.5, 0.6) is 11.5 Å². The predicted octanol–water partition coefficient (Wildman–Crippen LogP) is 3.87. The fraction of sp³-hybridized carbons (Fsp3) is 0.286. The number of carbonyl (C=O) groups excluding carboxylic acids is 2. The van der Waals surface area contributed by atoms with Gasteiger partial charge < -0.3 is 19.5 Å². The number of halogens is 1. The quantitative estimate of drug-likeness (QED) is 0.688. The number of anilines is 1. The third-order valence-corrected chi connectivity index (χ3v) is 4.44. The lowest BCUT2D eigenvalue weighted by Gasteiger charge is -2.19. The van der Waals surface area contributed by atoms with Crippen LogP contribution >= 0.6 is 11.6 Å². The van der Waals surface area contributed by atoms with E-state index in [2.05, 4.69) is 5.32 Å². The summed E-state index contributed by atoms with van der Waals surface area (Å²) in [5.74, 6) is -0.419. The highest BCUT2D eigenvalue weighted by atomic mass is 35.5. The van der Waals surface area contributed by atoms with Crippen molar-refractivity contribution in [3.05, 3.63) is 52.5 Å². The molecule has 7 nitrogen and oxygen atoms in total. The molecular weight excluding hydrogens is 396 g/mol. The number of hydrogen-bond acceptors (Lipinski definition) is 6. The van der Waals surface area contributed by atoms with Crippen LogP contribution in [0.3, 0.4) is 0 Å². The number of rotatable bonds is 7. The first kappa shape index (κ1) is 22.1. The molecule has 2 aromatic rings. The fourth-order valence-electron chi connectivity index (χ4n) is 2.35. The predicted molar refractivity (Wildman–Crippen MR) is 108 cm³/mol. The number of nitrogens with zero attached hydrogens (tertiary/aromatic N) is 1. The minimum atomic E-state index is -1.06. The molecule has 0 aromatic heterocycles. The van der Waals surface area contributed by atoms with Gasteiger partial charge in [-0.2, -0.15) is 5.26 Å². The molecule has 2 aromatic carbocycles. The van der Waals surface area contributed by atoms with Gasteiger partial charge in [0.15, 0.2) is 12.2 Å². The van der Waals surface area contributed by atoms with E-state index in [0.717, 1.165) is 5.56 Å². The van der Waals surface area contributed by atoms with Crippen LogP contribution in [0.2, 0.25) is 5.02 Å². The van der Waals surface area contributed by atoms with Gasteiger partial charge in [0, 0.05) is 11.1 Å². The molecule has 0 aliphatic carbocycles. The first-order chi connectivity index (χ1) is 13.7. The van der Waals surface area contributed by atoms with Crippen molar-refractivity contribution in [3.63, 3.8) is 0 Å². The minimum Gasteiger partial charge on any atom is -0.495 e. The smallest absolute Gasteiger partial charge is 0.347 e. The van der Waals surface area contributed by atoms with E-state index in [9.17, 15) is 9.59 Å². The SMILES string of the molecule is COc1cc(Cl)c(C)cc1NC(=O)[C@@H](C)OC(=O)[C@H](C)Oc1ccc(C#N)cc1. The molecule has 2 atom stereocenters. The molecule has 0 aliphatic rings. The Morgan fingerprint density at radius 3 is 2.38 bits per heavy atom. The lowest BCUT2D eigenvalue weighted by molar-refractivity contribution is -0.159. The van der Waals surface area contributed by atoms with Gasteiger partial charge in [-0.3, -0.25) is 4.79 Å². The summed E-state index contributed by atoms with van der Waals surface area (Å²) in [6, 6.07) is 11.6. The molecule has 0 radical (unpaired) electrons. The second kappa shape index (κ2) is 9.80. The number of nitriles is 1. The average Bonchev–Trinajstić information content (AvgIpc) is 2.70. The maximum absolute atomic E-state index is 12.4. The summed E-state index contributed by atoms with van der Waals surface area (Å²) < 4.78 is 15.9. The van der Waals surface area contributed by atoms with Crippen LogP contribution in [0, 0.1) is 18.3 Å². The number of benzene rings is 2. The highest BCUT2D eigenvalue weighted by Crippen LogP contribution is 2.31. The molecule has 29 heavy (non-hydrogen) atoms. The van der Waals surface area contributed by atoms with Crippen molar-refractivity contribution in [1.29, 1.82) is 5.26 Å². The van der Waals surface area contributed by atoms with Gasteiger partial charge in [-0.1, -0.05) is 11.6 Å². The minimum absolute atomic E-state index is 0.394. The number of methoxy groups -OCH3 is 1. The van der Waals surface area contributed by atoms with Crippen LogP contribution in [0.1, 0.15) is 25.0 Å². The molecule has 2 rings (SSSR count). The van der Waals surface area contributed by atoms with E-state index in [0.29, 0.717) is 27.8 Å². The van der Waals surface area contributed by atoms with Crippen molar-refractivity contribution in [2.24, 2.45) is 0 Å². The van der Waals surface area contributed by atoms with Gasteiger partial charge in [0.1, 0.15) is 11.5 Å². The van der Waals surface area contributed by atoms with Gasteiger partial charge in [-0.25, -0.2) is 4.79 Å². The Morgan fingerprint density at radius 2 is 1.79 bits per heavy atom. The van der Waals surface area contributed by atoms with E-state index in [1.54, 1.807) is 43.3 Å². The first-order valence-corrected chi connectivity index (χ1v) is 9.15. The summed E-state index contributed by atoms with van der Waals surface area (Å²) in [4.78, 5) is 24.7. The van der Waals surface area contributed by atoms with Crippen LogP contribution in [0.25, 0.3) is 0 Å². The van der Waals surface area contributed by atoms with Crippen LogP contribution in [-0.2, 0) is 14.3 Å². The van der Waals surface area contributed by atoms with Crippen molar-refractivity contribution >= 4 is 29.2 Å². The molecule has 0 saturated carbocycles. The maximum atomic E-state index is 12.4. The molecule has 1 amide bonds. The molecule has 0 spiro atoms. The van der Waals surface area contributed by atoms with E-state index >= 15 is 0 Å². The summed E-state index contributed by atoms with van der Waals surface area (Å²) in [5.41, 5.74) is 1.66. The summed E-state index contributed by atoms with van der Waals surface area (Å²) in [6.45, 7) is 4.76. The number of carbonyl (C=O) groups is 2. The van der Waals surface area contributed by atoms with Gasteiger partial charge in [0.2, 0.25) is 0 Å². The molecule has 0 unspecified atom stereocenters. The molecule has 152 valence electrons. The number of aryl methyl sites for hydroxylation is 1. The average molecular weight is 417 g/mol. The normalized spacial score (nSPS) is 12.3. The maximum Gasteiger partial charge on any atom is 0.347 e. The Hall–Kier alpha value is -3.24. The monoisotopic (exact) mass is 416 g/mol. The summed E-state index contributed by atoms with van der Waals surface area (Å²) in [6.07, 6.45) is -2.00. The fourth-order valence-corrected chi connectivity index (χ4v) is 2.50. The summed E-state index contributed by atoms with van der Waals surface area (Å²) >= 11 is 6.06. The molecule has 0 fully saturated rings. The molecule has 0 saturated heterocycles. The number of amides is 1. The van der Waals surface area contributed by atoms with Crippen LogP contribution < -0.4 is 14.8 Å². The molecule has 0 bridgehead atoms. The lowest BCUT2D eigenvalue weighted by Crippen LogP contribution is -2.35. The van der Waals surface area contributed by atoms with E-state index in [-0.39, 0.29) is 0 Å². The molecule has 1 N–H and O–H groups in total. The second-order valence-electron chi connectivity index (χ2n) is 6.27. The molecule has 0 heterocycles. The van der Waals surface area contributed by atoms with Gasteiger partial charge in [0.25, 0.3) is 5.91 Å². The standard InChI is InChI=1S/C21H21ClN2O5/c1-12-9-18(19(27-4)10-17(12)22)24-20(25)13(2)29-21(26)14(3)28-16-7-5-15(11-23)6-8-16/h5-10,13-14H,1-4H3,(H,24,25)/t13-,14+/m1/s1. The second-order valence-corrected chi connectivity index (χ2v) is 6.67. The molecular formula is C21H21ClN2O5. The zero-order valence-electron chi connectivity index (χ0n) is 16.5. The Morgan fingerprint density at radius 1 is 1.14 bits per heavy atom. The first-order valence-electron chi connectivity index (χ1n) is 8.77. The molecule has 8 heteroatoms. The number of esters is 1. The summed E-state index contributed by atoms with van der Waals surface area (Å²) in [5, 5.41) is 12.0. The highest BCUT2D eigenvalue weighted by Gasteiger charge is 2.24. The largest absolute Gasteiger partial charge is 0.495 e. The van der Waals surface area contributed by atoms with Crippen molar-refractivity contribution in [2.45, 2.75) is 33.0 Å². The van der Waals surface area contributed by atoms with E-state index in [1.165, 1.54) is 21.0 Å². The Bertz CT molecular complexity index is 937. The number of ether oxygens (including phenoxy) is 3. The third-order valence-electron chi connectivity index (χ3n) is 4.03. The Kier molecular flexibility index (Phi) is 7.46. The summed E-state index contributed by atoms with van der Waals surface area (Å²) in [7, 11) is 1.46. The van der Waals surface area contributed by atoms with Crippen molar-refractivity contribution in [1.82, 2.24) is 0 Å². The Labute approximate surface area is 174 Å². The zero-order valence-corrected chi connectivity index (χ0v) is 17.2. The van der Waals surface area contributed by atoms with Crippen LogP contribution in [-0.4, -0.2) is 31.2 Å². The Balaban J connectivity index is 1.97. The van der Waals surface area contributed by atoms with Crippen molar-refractivity contribution in [2.75, 3.05) is 12.4 Å². The van der Waals surface area contributed by atoms with Crippen molar-refractivity contribution in [3.8, 4) is 17.6 Å².